The predicted octanol–water partition coefficient (Wildman–Crippen LogP) is 1.33. The molecule has 1 N–H and O–H groups in total. The third-order valence-electron chi connectivity index (χ3n) is 2.45. The lowest BCUT2D eigenvalue weighted by atomic mass is 10.2. The molecule has 0 aromatic carbocycles. The number of aromatic nitrogens is 1. The van der Waals surface area contributed by atoms with Crippen LogP contribution >= 0.6 is 0 Å². The van der Waals surface area contributed by atoms with Crippen molar-refractivity contribution in [3.8, 4) is 0 Å². The molecule has 2 rings (SSSR count). The lowest BCUT2D eigenvalue weighted by molar-refractivity contribution is 0.0697. The molecule has 1 saturated heterocycles. The highest BCUT2D eigenvalue weighted by Gasteiger charge is 2.25. The average Bonchev–Trinajstić information content (AvgIpc) is 2.65. The van der Waals surface area contributed by atoms with Crippen LogP contribution in [0.15, 0.2) is 18.3 Å². The Balaban J connectivity index is 2.31. The number of rotatable bonds is 2. The van der Waals surface area contributed by atoms with Crippen LogP contribution in [0, 0.1) is 0 Å². The first kappa shape index (κ1) is 9.89. The quantitative estimate of drug-likeness (QED) is 0.800. The molecule has 0 saturated carbocycles. The van der Waals surface area contributed by atoms with E-state index in [0.717, 1.165) is 0 Å². The Kier molecular flexibility index (Phi) is 2.53. The van der Waals surface area contributed by atoms with Crippen molar-refractivity contribution in [3.63, 3.8) is 0 Å². The maximum atomic E-state index is 13.0. The van der Waals surface area contributed by atoms with Gasteiger partial charge in [-0.25, -0.2) is 14.2 Å². The summed E-state index contributed by atoms with van der Waals surface area (Å²) in [6.45, 7) is 0.760. The van der Waals surface area contributed by atoms with E-state index in [1.165, 1.54) is 12.3 Å². The molecule has 5 heteroatoms. The van der Waals surface area contributed by atoms with Gasteiger partial charge < -0.3 is 10.0 Å². The van der Waals surface area contributed by atoms with Crippen molar-refractivity contribution in [1.29, 1.82) is 0 Å². The molecule has 15 heavy (non-hydrogen) atoms. The van der Waals surface area contributed by atoms with Gasteiger partial charge in [0.2, 0.25) is 0 Å². The molecule has 0 spiro atoms. The number of carboxylic acids is 1. The number of pyridine rings is 1. The van der Waals surface area contributed by atoms with Crippen molar-refractivity contribution in [2.24, 2.45) is 0 Å². The molecule has 0 bridgehead atoms. The number of nitrogens with zero attached hydrogens (tertiary/aromatic N) is 2. The molecule has 1 aromatic heterocycles. The van der Waals surface area contributed by atoms with Crippen LogP contribution in [0.2, 0.25) is 0 Å². The molecule has 0 amide bonds. The smallest absolute Gasteiger partial charge is 0.339 e. The second-order valence-corrected chi connectivity index (χ2v) is 3.51. The van der Waals surface area contributed by atoms with Gasteiger partial charge in [0.15, 0.2) is 0 Å². The van der Waals surface area contributed by atoms with Crippen molar-refractivity contribution < 1.29 is 14.3 Å². The lowest BCUT2D eigenvalue weighted by Gasteiger charge is -2.17. The normalized spacial score (nSPS) is 20.6. The maximum absolute atomic E-state index is 13.0. The van der Waals surface area contributed by atoms with Crippen LogP contribution in [0.4, 0.5) is 10.2 Å². The molecular formula is C10H11FN2O2. The number of halogens is 1. The van der Waals surface area contributed by atoms with E-state index in [4.69, 9.17) is 5.11 Å². The molecule has 1 unspecified atom stereocenters. The van der Waals surface area contributed by atoms with E-state index in [1.54, 1.807) is 11.0 Å². The molecule has 1 aliphatic heterocycles. The zero-order valence-corrected chi connectivity index (χ0v) is 8.06. The standard InChI is InChI=1S/C10H11FN2O2/c11-7-3-5-13(6-7)9-8(10(14)15)2-1-4-12-9/h1-2,4,7H,3,5-6H2,(H,14,15). The molecule has 2 heterocycles. The van der Waals surface area contributed by atoms with Crippen LogP contribution in [0.3, 0.4) is 0 Å². The van der Waals surface area contributed by atoms with Crippen molar-refractivity contribution >= 4 is 11.8 Å². The summed E-state index contributed by atoms with van der Waals surface area (Å²) in [6.07, 6.45) is 1.08. The van der Waals surface area contributed by atoms with E-state index >= 15 is 0 Å². The number of hydrogen-bond acceptors (Lipinski definition) is 3. The highest BCUT2D eigenvalue weighted by Crippen LogP contribution is 2.23. The van der Waals surface area contributed by atoms with Crippen molar-refractivity contribution in [1.82, 2.24) is 4.98 Å². The first-order valence-corrected chi connectivity index (χ1v) is 4.76. The molecule has 0 radical (unpaired) electrons. The summed E-state index contributed by atoms with van der Waals surface area (Å²) in [5.41, 5.74) is 0.131. The van der Waals surface area contributed by atoms with Crippen LogP contribution in [0.5, 0.6) is 0 Å². The fourth-order valence-corrected chi connectivity index (χ4v) is 1.73. The van der Waals surface area contributed by atoms with Gasteiger partial charge in [0.25, 0.3) is 0 Å². The second kappa shape index (κ2) is 3.84. The van der Waals surface area contributed by atoms with Crippen LogP contribution in [-0.2, 0) is 0 Å². The summed E-state index contributed by atoms with van der Waals surface area (Å²) < 4.78 is 13.0. The molecule has 4 nitrogen and oxygen atoms in total. The summed E-state index contributed by atoms with van der Waals surface area (Å²) in [5, 5.41) is 8.93. The van der Waals surface area contributed by atoms with Crippen LogP contribution in [0.1, 0.15) is 16.8 Å². The fourth-order valence-electron chi connectivity index (χ4n) is 1.73. The molecule has 1 aliphatic rings. The van der Waals surface area contributed by atoms with Gasteiger partial charge in [0.05, 0.1) is 6.54 Å². The van der Waals surface area contributed by atoms with Crippen LogP contribution in [0.25, 0.3) is 0 Å². The van der Waals surface area contributed by atoms with Gasteiger partial charge in [0, 0.05) is 12.7 Å². The Hall–Kier alpha value is -1.65. The van der Waals surface area contributed by atoms with Gasteiger partial charge in [-0.2, -0.15) is 0 Å². The number of anilines is 1. The van der Waals surface area contributed by atoms with Gasteiger partial charge in [-0.3, -0.25) is 0 Å². The fraction of sp³-hybridized carbons (Fsp3) is 0.400. The van der Waals surface area contributed by atoms with Gasteiger partial charge in [-0.05, 0) is 18.6 Å². The van der Waals surface area contributed by atoms with Crippen LogP contribution < -0.4 is 4.90 Å². The molecule has 1 fully saturated rings. The highest BCUT2D eigenvalue weighted by molar-refractivity contribution is 5.93. The number of aromatic carboxylic acids is 1. The first-order valence-electron chi connectivity index (χ1n) is 4.76. The van der Waals surface area contributed by atoms with E-state index in [9.17, 15) is 9.18 Å². The summed E-state index contributed by atoms with van der Waals surface area (Å²) in [4.78, 5) is 16.6. The van der Waals surface area contributed by atoms with Gasteiger partial charge >= 0.3 is 5.97 Å². The maximum Gasteiger partial charge on any atom is 0.339 e. The predicted molar refractivity (Wildman–Crippen MR) is 52.9 cm³/mol. The zero-order valence-electron chi connectivity index (χ0n) is 8.06. The van der Waals surface area contributed by atoms with Crippen molar-refractivity contribution in [2.75, 3.05) is 18.0 Å². The summed E-state index contributed by atoms with van der Waals surface area (Å²) in [5.74, 6) is -0.662. The lowest BCUT2D eigenvalue weighted by Crippen LogP contribution is -2.23. The summed E-state index contributed by atoms with van der Waals surface area (Å²) >= 11 is 0. The first-order chi connectivity index (χ1) is 7.18. The van der Waals surface area contributed by atoms with E-state index in [1.807, 2.05) is 0 Å². The minimum atomic E-state index is -1.03. The Morgan fingerprint density at radius 3 is 3.07 bits per heavy atom. The molecule has 0 aliphatic carbocycles. The van der Waals surface area contributed by atoms with Gasteiger partial charge in [-0.15, -0.1) is 0 Å². The largest absolute Gasteiger partial charge is 0.478 e. The number of hydrogen-bond donors (Lipinski definition) is 1. The minimum Gasteiger partial charge on any atom is -0.478 e. The minimum absolute atomic E-state index is 0.131. The Morgan fingerprint density at radius 1 is 1.67 bits per heavy atom. The molecule has 1 atom stereocenters. The summed E-state index contributed by atoms with van der Waals surface area (Å²) in [7, 11) is 0. The van der Waals surface area contributed by atoms with E-state index in [2.05, 4.69) is 4.98 Å². The third kappa shape index (κ3) is 1.91. The zero-order chi connectivity index (χ0) is 10.8. The van der Waals surface area contributed by atoms with E-state index < -0.39 is 12.1 Å². The highest BCUT2D eigenvalue weighted by atomic mass is 19.1. The topological polar surface area (TPSA) is 53.4 Å². The number of carboxylic acid groups (broad SMARTS) is 1. The van der Waals surface area contributed by atoms with E-state index in [0.29, 0.717) is 18.8 Å². The SMILES string of the molecule is O=C(O)c1cccnc1N1CCC(F)C1. The molecule has 80 valence electrons. The Bertz CT molecular complexity index is 383. The van der Waals surface area contributed by atoms with E-state index in [-0.39, 0.29) is 12.1 Å². The number of carbonyl (C=O) groups is 1. The van der Waals surface area contributed by atoms with Gasteiger partial charge in [0.1, 0.15) is 17.6 Å². The van der Waals surface area contributed by atoms with Gasteiger partial charge in [-0.1, -0.05) is 0 Å². The van der Waals surface area contributed by atoms with Crippen molar-refractivity contribution in [3.05, 3.63) is 23.9 Å². The average molecular weight is 210 g/mol. The Labute approximate surface area is 86.4 Å². The third-order valence-corrected chi connectivity index (χ3v) is 2.45. The van der Waals surface area contributed by atoms with Crippen LogP contribution in [-0.4, -0.2) is 35.3 Å². The summed E-state index contributed by atoms with van der Waals surface area (Å²) in [6, 6.07) is 3.05. The second-order valence-electron chi connectivity index (χ2n) is 3.51. The molecular weight excluding hydrogens is 199 g/mol. The molecule has 1 aromatic rings. The number of alkyl halides is 1. The monoisotopic (exact) mass is 210 g/mol. The Morgan fingerprint density at radius 2 is 2.47 bits per heavy atom. The van der Waals surface area contributed by atoms with Crippen molar-refractivity contribution in [2.45, 2.75) is 12.6 Å².